The Balaban J connectivity index is 2.08. The third kappa shape index (κ3) is 1.97. The first kappa shape index (κ1) is 11.5. The van der Waals surface area contributed by atoms with E-state index in [4.69, 9.17) is 5.11 Å². The molecule has 0 aromatic heterocycles. The number of rotatable bonds is 1. The summed E-state index contributed by atoms with van der Waals surface area (Å²) >= 11 is 0. The molecule has 19 heavy (non-hydrogen) atoms. The van der Waals surface area contributed by atoms with Crippen molar-refractivity contribution in [3.8, 4) is 5.75 Å². The number of hydrogen-bond donors (Lipinski definition) is 2. The molecule has 1 amide bonds. The van der Waals surface area contributed by atoms with Crippen LogP contribution < -0.4 is 5.32 Å². The summed E-state index contributed by atoms with van der Waals surface area (Å²) in [7, 11) is 0. The highest BCUT2D eigenvalue weighted by atomic mass is 19.1. The van der Waals surface area contributed by atoms with Gasteiger partial charge in [0, 0.05) is 16.8 Å². The van der Waals surface area contributed by atoms with Crippen molar-refractivity contribution < 1.29 is 14.3 Å². The maximum Gasteiger partial charge on any atom is 0.256 e. The first-order valence-electron chi connectivity index (χ1n) is 5.76. The molecule has 0 atom stereocenters. The molecule has 4 heteroatoms. The van der Waals surface area contributed by atoms with E-state index in [9.17, 15) is 9.18 Å². The summed E-state index contributed by atoms with van der Waals surface area (Å²) in [5.74, 6) is -1.32. The first-order chi connectivity index (χ1) is 9.15. The van der Waals surface area contributed by atoms with Crippen LogP contribution in [-0.4, -0.2) is 11.0 Å². The molecule has 2 aromatic carbocycles. The zero-order valence-electron chi connectivity index (χ0n) is 9.85. The lowest BCUT2D eigenvalue weighted by molar-refractivity contribution is -0.110. The minimum atomic E-state index is -0.707. The van der Waals surface area contributed by atoms with Crippen LogP contribution in [0.4, 0.5) is 10.1 Å². The number of phenols is 1. The largest absolute Gasteiger partial charge is 0.505 e. The molecule has 1 aliphatic rings. The van der Waals surface area contributed by atoms with Gasteiger partial charge in [-0.05, 0) is 29.8 Å². The Morgan fingerprint density at radius 2 is 1.95 bits per heavy atom. The molecule has 2 N–H and O–H groups in total. The van der Waals surface area contributed by atoms with Gasteiger partial charge in [-0.1, -0.05) is 24.3 Å². The van der Waals surface area contributed by atoms with Crippen LogP contribution in [0.5, 0.6) is 5.75 Å². The molecule has 3 nitrogen and oxygen atoms in total. The van der Waals surface area contributed by atoms with Gasteiger partial charge in [0.2, 0.25) is 0 Å². The summed E-state index contributed by atoms with van der Waals surface area (Å²) in [6.45, 7) is 0. The zero-order valence-corrected chi connectivity index (χ0v) is 9.85. The highest BCUT2D eigenvalue weighted by Gasteiger charge is 2.23. The highest BCUT2D eigenvalue weighted by molar-refractivity contribution is 6.34. The second-order valence-corrected chi connectivity index (χ2v) is 4.27. The molecule has 0 saturated carbocycles. The van der Waals surface area contributed by atoms with Gasteiger partial charge in [-0.2, -0.15) is 0 Å². The second kappa shape index (κ2) is 4.24. The number of benzene rings is 2. The third-order valence-electron chi connectivity index (χ3n) is 2.99. The number of nitrogens with one attached hydrogen (secondary N) is 1. The molecule has 0 fully saturated rings. The van der Waals surface area contributed by atoms with Gasteiger partial charge in [0.25, 0.3) is 5.91 Å². The van der Waals surface area contributed by atoms with Gasteiger partial charge < -0.3 is 10.4 Å². The number of anilines is 1. The topological polar surface area (TPSA) is 49.3 Å². The van der Waals surface area contributed by atoms with Crippen LogP contribution >= 0.6 is 0 Å². The Labute approximate surface area is 109 Å². The quantitative estimate of drug-likeness (QED) is 0.769. The van der Waals surface area contributed by atoms with E-state index in [1.807, 2.05) is 24.3 Å². The summed E-state index contributed by atoms with van der Waals surface area (Å²) in [5.41, 5.74) is 2.55. The third-order valence-corrected chi connectivity index (χ3v) is 2.99. The molecule has 0 unspecified atom stereocenters. The van der Waals surface area contributed by atoms with Crippen molar-refractivity contribution >= 4 is 23.2 Å². The second-order valence-electron chi connectivity index (χ2n) is 4.27. The van der Waals surface area contributed by atoms with Crippen molar-refractivity contribution in [2.75, 3.05) is 5.32 Å². The molecule has 0 bridgehead atoms. The van der Waals surface area contributed by atoms with Crippen molar-refractivity contribution in [1.82, 2.24) is 0 Å². The van der Waals surface area contributed by atoms with E-state index in [1.54, 1.807) is 12.1 Å². The van der Waals surface area contributed by atoms with E-state index in [1.165, 1.54) is 12.1 Å². The Morgan fingerprint density at radius 1 is 1.16 bits per heavy atom. The summed E-state index contributed by atoms with van der Waals surface area (Å²) in [6, 6.07) is 11.3. The summed E-state index contributed by atoms with van der Waals surface area (Å²) in [4.78, 5) is 11.9. The Kier molecular flexibility index (Phi) is 2.56. The molecular weight excluding hydrogens is 245 g/mol. The van der Waals surface area contributed by atoms with Crippen molar-refractivity contribution in [2.24, 2.45) is 0 Å². The summed E-state index contributed by atoms with van der Waals surface area (Å²) in [5, 5.41) is 11.9. The molecule has 0 aliphatic carbocycles. The summed E-state index contributed by atoms with van der Waals surface area (Å²) < 4.78 is 13.3. The minimum Gasteiger partial charge on any atom is -0.505 e. The standard InChI is InChI=1S/C15H10FNO2/c16-12-8-9(5-6-14(12)18)7-11-10-3-1-2-4-13(10)17-15(11)19/h1-8,18H,(H,17,19)/b11-7+. The lowest BCUT2D eigenvalue weighted by Gasteiger charge is -2.00. The highest BCUT2D eigenvalue weighted by Crippen LogP contribution is 2.33. The fourth-order valence-electron chi connectivity index (χ4n) is 2.06. The molecule has 0 saturated heterocycles. The van der Waals surface area contributed by atoms with E-state index in [2.05, 4.69) is 5.32 Å². The molecule has 1 heterocycles. The predicted octanol–water partition coefficient (Wildman–Crippen LogP) is 3.02. The van der Waals surface area contributed by atoms with Gasteiger partial charge in [-0.15, -0.1) is 0 Å². The van der Waals surface area contributed by atoms with Crippen LogP contribution in [0.25, 0.3) is 11.6 Å². The van der Waals surface area contributed by atoms with E-state index >= 15 is 0 Å². The smallest absolute Gasteiger partial charge is 0.256 e. The van der Waals surface area contributed by atoms with Crippen molar-refractivity contribution in [3.05, 3.63) is 59.4 Å². The van der Waals surface area contributed by atoms with Crippen LogP contribution in [0.15, 0.2) is 42.5 Å². The average Bonchev–Trinajstić information content (AvgIpc) is 2.71. The van der Waals surface area contributed by atoms with Crippen LogP contribution in [0.3, 0.4) is 0 Å². The fraction of sp³-hybridized carbons (Fsp3) is 0. The van der Waals surface area contributed by atoms with Crippen LogP contribution in [0.1, 0.15) is 11.1 Å². The van der Waals surface area contributed by atoms with Crippen molar-refractivity contribution in [3.63, 3.8) is 0 Å². The molecular formula is C15H10FNO2. The van der Waals surface area contributed by atoms with Gasteiger partial charge in [0.05, 0.1) is 0 Å². The van der Waals surface area contributed by atoms with Gasteiger partial charge in [-0.25, -0.2) is 4.39 Å². The normalized spacial score (nSPS) is 15.4. The molecule has 1 aliphatic heterocycles. The number of aromatic hydroxyl groups is 1. The summed E-state index contributed by atoms with van der Waals surface area (Å²) in [6.07, 6.45) is 1.60. The fourth-order valence-corrected chi connectivity index (χ4v) is 2.06. The van der Waals surface area contributed by atoms with Gasteiger partial charge in [0.1, 0.15) is 0 Å². The first-order valence-corrected chi connectivity index (χ1v) is 5.76. The Bertz CT molecular complexity index is 707. The predicted molar refractivity (Wildman–Crippen MR) is 71.0 cm³/mol. The number of carbonyl (C=O) groups excluding carboxylic acids is 1. The number of hydrogen-bond acceptors (Lipinski definition) is 2. The molecule has 2 aromatic rings. The van der Waals surface area contributed by atoms with Gasteiger partial charge in [-0.3, -0.25) is 4.79 Å². The lowest BCUT2D eigenvalue weighted by Crippen LogP contribution is -2.03. The SMILES string of the molecule is O=C1Nc2ccccc2/C1=C\c1ccc(O)c(F)c1. The average molecular weight is 255 g/mol. The van der Waals surface area contributed by atoms with Crippen LogP contribution in [0.2, 0.25) is 0 Å². The number of fused-ring (bicyclic) bond motifs is 1. The monoisotopic (exact) mass is 255 g/mol. The van der Waals surface area contributed by atoms with Crippen molar-refractivity contribution in [1.29, 1.82) is 0 Å². The van der Waals surface area contributed by atoms with Crippen LogP contribution in [0, 0.1) is 5.82 Å². The van der Waals surface area contributed by atoms with Crippen LogP contribution in [-0.2, 0) is 4.79 Å². The van der Waals surface area contributed by atoms with E-state index in [0.29, 0.717) is 11.1 Å². The molecule has 0 radical (unpaired) electrons. The van der Waals surface area contributed by atoms with Gasteiger partial charge in [0.15, 0.2) is 11.6 Å². The molecule has 3 rings (SSSR count). The van der Waals surface area contributed by atoms with Crippen molar-refractivity contribution in [2.45, 2.75) is 0 Å². The van der Waals surface area contributed by atoms with E-state index < -0.39 is 11.6 Å². The number of carbonyl (C=O) groups is 1. The zero-order chi connectivity index (χ0) is 13.4. The Hall–Kier alpha value is -2.62. The number of halogens is 1. The molecule has 0 spiro atoms. The van der Waals surface area contributed by atoms with Gasteiger partial charge >= 0.3 is 0 Å². The van der Waals surface area contributed by atoms with E-state index in [0.717, 1.165) is 11.3 Å². The number of phenolic OH excluding ortho intramolecular Hbond substituents is 1. The molecule has 94 valence electrons. The Morgan fingerprint density at radius 3 is 2.74 bits per heavy atom. The number of para-hydroxylation sites is 1. The minimum absolute atomic E-state index is 0.213. The number of amides is 1. The maximum atomic E-state index is 13.3. The maximum absolute atomic E-state index is 13.3. The lowest BCUT2D eigenvalue weighted by atomic mass is 10.0. The van der Waals surface area contributed by atoms with E-state index in [-0.39, 0.29) is 5.91 Å².